The van der Waals surface area contributed by atoms with Crippen LogP contribution in [0.3, 0.4) is 0 Å². The Bertz CT molecular complexity index is 1470. The van der Waals surface area contributed by atoms with Crippen LogP contribution >= 0.6 is 0 Å². The van der Waals surface area contributed by atoms with Crippen molar-refractivity contribution in [1.29, 1.82) is 5.26 Å². The van der Waals surface area contributed by atoms with E-state index in [1.807, 2.05) is 55.5 Å². The molecule has 218 valence electrons. The largest absolute Gasteiger partial charge is 0.393 e. The molecule has 0 spiro atoms. The van der Waals surface area contributed by atoms with Gasteiger partial charge in [0.15, 0.2) is 0 Å². The lowest BCUT2D eigenvalue weighted by Gasteiger charge is -2.29. The molecule has 3 heterocycles. The molecule has 2 aromatic carbocycles. The van der Waals surface area contributed by atoms with E-state index in [9.17, 15) is 10.4 Å². The number of rotatable bonds is 9. The highest BCUT2D eigenvalue weighted by molar-refractivity contribution is 5.85. The first-order valence-electron chi connectivity index (χ1n) is 14.5. The minimum Gasteiger partial charge on any atom is -0.393 e. The fourth-order valence-electron chi connectivity index (χ4n) is 5.00. The third kappa shape index (κ3) is 7.43. The number of hydrogen-bond acceptors (Lipinski definition) is 9. The Hall–Kier alpha value is -4.46. The van der Waals surface area contributed by atoms with E-state index in [1.54, 1.807) is 17.2 Å². The van der Waals surface area contributed by atoms with Gasteiger partial charge in [0.2, 0.25) is 5.95 Å². The molecule has 2 aliphatic rings. The molecule has 0 aliphatic carbocycles. The van der Waals surface area contributed by atoms with Gasteiger partial charge in [-0.15, -0.1) is 5.10 Å². The summed E-state index contributed by atoms with van der Waals surface area (Å²) in [6.45, 7) is 8.67. The number of ether oxygens (including phenoxy) is 1. The van der Waals surface area contributed by atoms with Crippen molar-refractivity contribution in [3.8, 4) is 11.8 Å². The Morgan fingerprint density at radius 2 is 1.86 bits per heavy atom. The standard InChI is InChI=1S/C32H38N8O2/c1-3-4-31(34-12-9-24(2)26-19-25(22-33)20-29(21-26)38-15-17-42-18-16-38)36-27-5-7-28(8-6-27)40-23-35-32(37-40)39-13-10-30(41)11-14-39/h4-9,12,19-21,23,30,36,41H,3,10-11,13-18H2,1-2H3/b24-9+,31-4-,34-12-. The Kier molecular flexibility index (Phi) is 9.64. The Morgan fingerprint density at radius 1 is 1.10 bits per heavy atom. The highest BCUT2D eigenvalue weighted by atomic mass is 16.5. The van der Waals surface area contributed by atoms with Gasteiger partial charge in [0, 0.05) is 43.8 Å². The number of nitrogens with zero attached hydrogens (tertiary/aromatic N) is 7. The van der Waals surface area contributed by atoms with Crippen molar-refractivity contribution in [3.05, 3.63) is 77.9 Å². The molecule has 10 nitrogen and oxygen atoms in total. The van der Waals surface area contributed by atoms with Crippen molar-refractivity contribution in [2.24, 2.45) is 4.99 Å². The number of allylic oxidation sites excluding steroid dienone is 3. The van der Waals surface area contributed by atoms with Crippen molar-refractivity contribution >= 4 is 29.1 Å². The first-order valence-corrected chi connectivity index (χ1v) is 14.5. The number of hydrogen-bond donors (Lipinski definition) is 2. The fourth-order valence-corrected chi connectivity index (χ4v) is 5.00. The van der Waals surface area contributed by atoms with Gasteiger partial charge >= 0.3 is 0 Å². The van der Waals surface area contributed by atoms with Gasteiger partial charge in [-0.1, -0.05) is 6.92 Å². The zero-order valence-corrected chi connectivity index (χ0v) is 24.3. The molecule has 42 heavy (non-hydrogen) atoms. The number of aliphatic imine (C=N–C) groups is 1. The van der Waals surface area contributed by atoms with E-state index in [0.717, 1.165) is 79.5 Å². The van der Waals surface area contributed by atoms with Crippen molar-refractivity contribution in [2.75, 3.05) is 54.5 Å². The predicted octanol–water partition coefficient (Wildman–Crippen LogP) is 4.77. The summed E-state index contributed by atoms with van der Waals surface area (Å²) in [5, 5.41) is 27.4. The molecular formula is C32H38N8O2. The molecule has 2 aliphatic heterocycles. The summed E-state index contributed by atoms with van der Waals surface area (Å²) < 4.78 is 7.25. The van der Waals surface area contributed by atoms with Gasteiger partial charge in [0.05, 0.1) is 36.6 Å². The molecule has 2 fully saturated rings. The Balaban J connectivity index is 1.24. The van der Waals surface area contributed by atoms with Crippen LogP contribution in [0.2, 0.25) is 0 Å². The monoisotopic (exact) mass is 566 g/mol. The molecule has 0 atom stereocenters. The second-order valence-electron chi connectivity index (χ2n) is 10.5. The molecule has 0 unspecified atom stereocenters. The number of morpholine rings is 1. The molecule has 0 saturated carbocycles. The summed E-state index contributed by atoms with van der Waals surface area (Å²) in [7, 11) is 0. The second kappa shape index (κ2) is 13.9. The third-order valence-corrected chi connectivity index (χ3v) is 7.45. The van der Waals surface area contributed by atoms with Crippen LogP contribution in [-0.2, 0) is 4.74 Å². The highest BCUT2D eigenvalue weighted by Gasteiger charge is 2.20. The van der Waals surface area contributed by atoms with Crippen LogP contribution < -0.4 is 15.1 Å². The second-order valence-corrected chi connectivity index (χ2v) is 10.5. The van der Waals surface area contributed by atoms with E-state index in [0.29, 0.717) is 24.7 Å². The number of nitriles is 1. The quantitative estimate of drug-likeness (QED) is 0.356. The molecule has 0 radical (unpaired) electrons. The number of anilines is 3. The lowest BCUT2D eigenvalue weighted by molar-refractivity contribution is 0.122. The number of piperidine rings is 1. The van der Waals surface area contributed by atoms with Crippen LogP contribution in [0.1, 0.15) is 44.2 Å². The van der Waals surface area contributed by atoms with Crippen LogP contribution in [0.15, 0.2) is 71.8 Å². The lowest BCUT2D eigenvalue weighted by Crippen LogP contribution is -2.36. The maximum Gasteiger partial charge on any atom is 0.245 e. The van der Waals surface area contributed by atoms with Crippen LogP contribution in [-0.4, -0.2) is 71.6 Å². The smallest absolute Gasteiger partial charge is 0.245 e. The predicted molar refractivity (Wildman–Crippen MR) is 167 cm³/mol. The molecule has 3 aromatic rings. The van der Waals surface area contributed by atoms with E-state index >= 15 is 0 Å². The van der Waals surface area contributed by atoms with Crippen molar-refractivity contribution in [3.63, 3.8) is 0 Å². The summed E-state index contributed by atoms with van der Waals surface area (Å²) in [5.41, 5.74) is 5.54. The molecule has 5 rings (SSSR count). The normalized spacial score (nSPS) is 17.1. The summed E-state index contributed by atoms with van der Waals surface area (Å²) in [6, 6.07) is 16.3. The number of aliphatic hydroxyl groups is 1. The topological polar surface area (TPSA) is 115 Å². The van der Waals surface area contributed by atoms with E-state index in [4.69, 9.17) is 4.74 Å². The molecule has 0 amide bonds. The zero-order chi connectivity index (χ0) is 29.3. The lowest BCUT2D eigenvalue weighted by atomic mass is 10.0. The number of aliphatic hydroxyl groups excluding tert-OH is 1. The minimum atomic E-state index is -0.227. The number of benzene rings is 2. The maximum atomic E-state index is 9.76. The van der Waals surface area contributed by atoms with E-state index in [1.165, 1.54) is 0 Å². The molecule has 2 N–H and O–H groups in total. The molecule has 1 aromatic heterocycles. The van der Waals surface area contributed by atoms with Crippen LogP contribution in [0, 0.1) is 11.3 Å². The van der Waals surface area contributed by atoms with Crippen LogP contribution in [0.4, 0.5) is 17.3 Å². The van der Waals surface area contributed by atoms with Gasteiger partial charge in [0.25, 0.3) is 0 Å². The average molecular weight is 567 g/mol. The maximum absolute atomic E-state index is 9.76. The zero-order valence-electron chi connectivity index (χ0n) is 24.3. The first kappa shape index (κ1) is 29.0. The van der Waals surface area contributed by atoms with Crippen molar-refractivity contribution in [1.82, 2.24) is 14.8 Å². The van der Waals surface area contributed by atoms with Gasteiger partial charge in [-0.05, 0) is 91.9 Å². The molecule has 0 bridgehead atoms. The Labute approximate surface area is 247 Å². The summed E-state index contributed by atoms with van der Waals surface area (Å²) >= 11 is 0. The van der Waals surface area contributed by atoms with Crippen LogP contribution in [0.25, 0.3) is 11.3 Å². The van der Waals surface area contributed by atoms with Gasteiger partial charge in [-0.25, -0.2) is 9.67 Å². The fraction of sp³-hybridized carbons (Fsp3) is 0.375. The average Bonchev–Trinajstić information content (AvgIpc) is 3.52. The van der Waals surface area contributed by atoms with Gasteiger partial charge < -0.3 is 25.0 Å². The molecule has 10 heteroatoms. The van der Waals surface area contributed by atoms with E-state index < -0.39 is 0 Å². The highest BCUT2D eigenvalue weighted by Crippen LogP contribution is 2.25. The summed E-state index contributed by atoms with van der Waals surface area (Å²) in [4.78, 5) is 13.5. The van der Waals surface area contributed by atoms with E-state index in [-0.39, 0.29) is 6.10 Å². The summed E-state index contributed by atoms with van der Waals surface area (Å²) in [5.74, 6) is 1.44. The van der Waals surface area contributed by atoms with Crippen molar-refractivity contribution in [2.45, 2.75) is 39.2 Å². The van der Waals surface area contributed by atoms with Gasteiger partial charge in [-0.3, -0.25) is 0 Å². The number of nitrogens with one attached hydrogen (secondary N) is 1. The summed E-state index contributed by atoms with van der Waals surface area (Å²) in [6.07, 6.45) is 9.62. The van der Waals surface area contributed by atoms with Crippen LogP contribution in [0.5, 0.6) is 0 Å². The van der Waals surface area contributed by atoms with Gasteiger partial charge in [0.1, 0.15) is 12.1 Å². The van der Waals surface area contributed by atoms with E-state index in [2.05, 4.69) is 49.3 Å². The molecular weight excluding hydrogens is 528 g/mol. The first-order chi connectivity index (χ1) is 20.5. The van der Waals surface area contributed by atoms with Crippen molar-refractivity contribution < 1.29 is 9.84 Å². The Morgan fingerprint density at radius 3 is 2.57 bits per heavy atom. The van der Waals surface area contributed by atoms with Gasteiger partial charge in [-0.2, -0.15) is 10.2 Å². The SMILES string of the molecule is CC/C=C(/N=C\C=C(/C)c1cc(C#N)cc(N2CCOCC2)c1)Nc1ccc(-n2cnc(N3CCC(O)CC3)n2)cc1. The third-order valence-electron chi connectivity index (χ3n) is 7.45. The number of aromatic nitrogens is 3. The molecule has 2 saturated heterocycles. The minimum absolute atomic E-state index is 0.227.